The van der Waals surface area contributed by atoms with E-state index in [1.807, 2.05) is 0 Å². The van der Waals surface area contributed by atoms with Gasteiger partial charge < -0.3 is 5.11 Å². The maximum atomic E-state index is 12.1. The summed E-state index contributed by atoms with van der Waals surface area (Å²) in [6, 6.07) is 2.28. The number of nitrogens with zero attached hydrogens (tertiary/aromatic N) is 1. The Hall–Kier alpha value is -1.67. The summed E-state index contributed by atoms with van der Waals surface area (Å²) in [6.45, 7) is -3.18. The number of halogens is 2. The Morgan fingerprint density at radius 1 is 1.57 bits per heavy atom. The van der Waals surface area contributed by atoms with Crippen LogP contribution in [-0.4, -0.2) is 16.3 Å². The number of pyridine rings is 1. The number of aromatic nitrogens is 1. The van der Waals surface area contributed by atoms with Crippen molar-refractivity contribution in [2.24, 2.45) is 0 Å². The summed E-state index contributed by atoms with van der Waals surface area (Å²) < 4.78 is 24.5. The maximum Gasteiger partial charge on any atom is 0.321 e. The van der Waals surface area contributed by atoms with E-state index in [4.69, 9.17) is 5.11 Å². The molecule has 74 valence electrons. The molecule has 0 unspecified atom stereocenters. The van der Waals surface area contributed by atoms with Gasteiger partial charge in [0, 0.05) is 17.8 Å². The summed E-state index contributed by atoms with van der Waals surface area (Å²) in [7, 11) is 0. The van der Waals surface area contributed by atoms with Gasteiger partial charge in [-0.2, -0.15) is 8.78 Å². The topological polar surface area (TPSA) is 42.2 Å². The number of hydrogen-bond acceptors (Lipinski definition) is 2. The van der Waals surface area contributed by atoms with Crippen molar-refractivity contribution < 1.29 is 13.9 Å². The van der Waals surface area contributed by atoms with E-state index < -0.39 is 12.1 Å². The van der Waals surface area contributed by atoms with Gasteiger partial charge in [0.25, 0.3) is 5.56 Å². The molecule has 0 bridgehead atoms. The van der Waals surface area contributed by atoms with E-state index in [1.165, 1.54) is 6.07 Å². The van der Waals surface area contributed by atoms with Gasteiger partial charge in [-0.1, -0.05) is 11.8 Å². The Bertz CT molecular complexity index is 428. The normalized spacial score (nSPS) is 9.71. The van der Waals surface area contributed by atoms with Crippen molar-refractivity contribution in [3.63, 3.8) is 0 Å². The first-order valence-corrected chi connectivity index (χ1v) is 3.75. The maximum absolute atomic E-state index is 12.1. The number of alkyl halides is 2. The largest absolute Gasteiger partial charge is 0.384 e. The Balaban J connectivity index is 3.07. The molecule has 0 saturated carbocycles. The lowest BCUT2D eigenvalue weighted by Gasteiger charge is -2.01. The zero-order chi connectivity index (χ0) is 10.6. The van der Waals surface area contributed by atoms with E-state index >= 15 is 0 Å². The highest BCUT2D eigenvalue weighted by atomic mass is 19.3. The van der Waals surface area contributed by atoms with Gasteiger partial charge in [0.15, 0.2) is 0 Å². The molecule has 1 rings (SSSR count). The molecule has 0 aromatic carbocycles. The van der Waals surface area contributed by atoms with Crippen LogP contribution in [0, 0.1) is 11.8 Å². The molecule has 0 saturated heterocycles. The fraction of sp³-hybridized carbons (Fsp3) is 0.222. The van der Waals surface area contributed by atoms with Gasteiger partial charge in [0.2, 0.25) is 0 Å². The molecule has 1 N–H and O–H groups in total. The third-order valence-corrected chi connectivity index (χ3v) is 1.47. The zero-order valence-electron chi connectivity index (χ0n) is 7.08. The second kappa shape index (κ2) is 4.53. The van der Waals surface area contributed by atoms with Gasteiger partial charge in [-0.05, 0) is 6.07 Å². The molecule has 0 aliphatic rings. The number of aliphatic hydroxyl groups is 1. The van der Waals surface area contributed by atoms with Gasteiger partial charge in [-0.3, -0.25) is 9.36 Å². The summed E-state index contributed by atoms with van der Waals surface area (Å²) in [5.41, 5.74) is -0.509. The fourth-order valence-electron chi connectivity index (χ4n) is 0.870. The van der Waals surface area contributed by atoms with Crippen LogP contribution in [0.15, 0.2) is 23.1 Å². The Labute approximate surface area is 78.6 Å². The van der Waals surface area contributed by atoms with Gasteiger partial charge in [0.05, 0.1) is 0 Å². The average Bonchev–Trinajstić information content (AvgIpc) is 2.14. The summed E-state index contributed by atoms with van der Waals surface area (Å²) in [4.78, 5) is 11.0. The van der Waals surface area contributed by atoms with Crippen molar-refractivity contribution in [3.8, 4) is 11.8 Å². The minimum Gasteiger partial charge on any atom is -0.384 e. The number of aliphatic hydroxyl groups excluding tert-OH is 1. The molecule has 0 spiro atoms. The number of hydrogen-bond donors (Lipinski definition) is 1. The highest BCUT2D eigenvalue weighted by molar-refractivity contribution is 5.32. The van der Waals surface area contributed by atoms with E-state index in [2.05, 4.69) is 11.8 Å². The fourth-order valence-corrected chi connectivity index (χ4v) is 0.870. The first-order chi connectivity index (χ1) is 6.65. The van der Waals surface area contributed by atoms with Crippen molar-refractivity contribution in [3.05, 3.63) is 34.2 Å². The Morgan fingerprint density at radius 2 is 2.29 bits per heavy atom. The monoisotopic (exact) mass is 199 g/mol. The van der Waals surface area contributed by atoms with Crippen LogP contribution in [0.1, 0.15) is 12.1 Å². The van der Waals surface area contributed by atoms with Gasteiger partial charge in [-0.25, -0.2) is 0 Å². The van der Waals surface area contributed by atoms with Crippen molar-refractivity contribution >= 4 is 0 Å². The lowest BCUT2D eigenvalue weighted by atomic mass is 10.3. The highest BCUT2D eigenvalue weighted by Crippen LogP contribution is 2.05. The van der Waals surface area contributed by atoms with E-state index in [0.29, 0.717) is 10.1 Å². The van der Waals surface area contributed by atoms with Crippen molar-refractivity contribution in [2.45, 2.75) is 6.55 Å². The molecular formula is C9H7F2NO2. The van der Waals surface area contributed by atoms with Crippen LogP contribution in [0.25, 0.3) is 0 Å². The van der Waals surface area contributed by atoms with Crippen LogP contribution >= 0.6 is 0 Å². The SMILES string of the molecule is O=c1cc(C#CCO)ccn1C(F)F. The van der Waals surface area contributed by atoms with Crippen molar-refractivity contribution in [2.75, 3.05) is 6.61 Å². The van der Waals surface area contributed by atoms with Gasteiger partial charge in [0.1, 0.15) is 6.61 Å². The van der Waals surface area contributed by atoms with Gasteiger partial charge in [-0.15, -0.1) is 0 Å². The van der Waals surface area contributed by atoms with E-state index in [9.17, 15) is 13.6 Å². The smallest absolute Gasteiger partial charge is 0.321 e. The van der Waals surface area contributed by atoms with E-state index in [0.717, 1.165) is 12.3 Å². The quantitative estimate of drug-likeness (QED) is 0.672. The second-order valence-corrected chi connectivity index (χ2v) is 2.40. The minimum atomic E-state index is -2.85. The van der Waals surface area contributed by atoms with Gasteiger partial charge >= 0.3 is 6.55 Å². The van der Waals surface area contributed by atoms with Crippen LogP contribution < -0.4 is 5.56 Å². The average molecular weight is 199 g/mol. The van der Waals surface area contributed by atoms with E-state index in [1.54, 1.807) is 0 Å². The molecule has 0 amide bonds. The van der Waals surface area contributed by atoms with Crippen molar-refractivity contribution in [1.82, 2.24) is 4.57 Å². The molecule has 5 heteroatoms. The predicted octanol–water partition coefficient (Wildman–Crippen LogP) is 0.587. The first kappa shape index (κ1) is 10.4. The molecule has 1 aromatic rings. The van der Waals surface area contributed by atoms with Crippen molar-refractivity contribution in [1.29, 1.82) is 0 Å². The van der Waals surface area contributed by atoms with Crippen LogP contribution in [0.2, 0.25) is 0 Å². The third kappa shape index (κ3) is 2.41. The van der Waals surface area contributed by atoms with Crippen LogP contribution in [0.5, 0.6) is 0 Å². The number of rotatable bonds is 1. The predicted molar refractivity (Wildman–Crippen MR) is 45.9 cm³/mol. The highest BCUT2D eigenvalue weighted by Gasteiger charge is 2.06. The second-order valence-electron chi connectivity index (χ2n) is 2.40. The lowest BCUT2D eigenvalue weighted by Crippen LogP contribution is -2.19. The molecule has 0 fully saturated rings. The molecule has 0 aliphatic heterocycles. The summed E-state index contributed by atoms with van der Waals surface area (Å²) >= 11 is 0. The molecular weight excluding hydrogens is 192 g/mol. The third-order valence-electron chi connectivity index (χ3n) is 1.47. The van der Waals surface area contributed by atoms with Crippen LogP contribution in [0.3, 0.4) is 0 Å². The molecule has 14 heavy (non-hydrogen) atoms. The van der Waals surface area contributed by atoms with Crippen LogP contribution in [0.4, 0.5) is 8.78 Å². The summed E-state index contributed by atoms with van der Waals surface area (Å²) in [5, 5.41) is 8.36. The summed E-state index contributed by atoms with van der Waals surface area (Å²) in [5.74, 6) is 4.75. The first-order valence-electron chi connectivity index (χ1n) is 3.75. The molecule has 0 aliphatic carbocycles. The minimum absolute atomic E-state index is 0.296. The standard InChI is InChI=1S/C9H7F2NO2/c10-9(11)12-4-3-7(2-1-5-13)6-8(12)14/h3-4,6,9,13H,5H2. The lowest BCUT2D eigenvalue weighted by molar-refractivity contribution is 0.0663. The molecule has 3 nitrogen and oxygen atoms in total. The Morgan fingerprint density at radius 3 is 2.79 bits per heavy atom. The molecule has 1 heterocycles. The Kier molecular flexibility index (Phi) is 3.37. The zero-order valence-corrected chi connectivity index (χ0v) is 7.08. The summed E-state index contributed by atoms with van der Waals surface area (Å²) in [6.07, 6.45) is 0.967. The van der Waals surface area contributed by atoms with Crippen LogP contribution in [-0.2, 0) is 0 Å². The van der Waals surface area contributed by atoms with E-state index in [-0.39, 0.29) is 6.61 Å². The molecule has 0 radical (unpaired) electrons. The molecule has 1 aromatic heterocycles. The molecule has 0 atom stereocenters.